The molecular weight excluding hydrogens is 248 g/mol. The Balaban J connectivity index is 2.78. The number of carbonyl (C=O) groups is 2. The van der Waals surface area contributed by atoms with Crippen LogP contribution in [0.4, 0.5) is 0 Å². The fraction of sp³-hybridized carbons (Fsp3) is 0.273. The first-order valence-corrected chi connectivity index (χ1v) is 5.23. The predicted octanol–water partition coefficient (Wildman–Crippen LogP) is 1.98. The van der Waals surface area contributed by atoms with Gasteiger partial charge in [0.05, 0.1) is 6.61 Å². The number of hydrogen-bond donors (Lipinski definition) is 1. The van der Waals surface area contributed by atoms with Crippen LogP contribution < -0.4 is 4.74 Å². The number of hydrogen-bond acceptors (Lipinski definition) is 4. The monoisotopic (exact) mass is 258 g/mol. The number of carbonyl (C=O) groups excluding carboxylic acids is 1. The number of benzene rings is 1. The van der Waals surface area contributed by atoms with Gasteiger partial charge in [0.25, 0.3) is 0 Å². The Kier molecular flexibility index (Phi) is 4.78. The van der Waals surface area contributed by atoms with Crippen LogP contribution in [0.3, 0.4) is 0 Å². The second kappa shape index (κ2) is 6.10. The van der Waals surface area contributed by atoms with Gasteiger partial charge >= 0.3 is 11.9 Å². The van der Waals surface area contributed by atoms with Crippen LogP contribution in [0.1, 0.15) is 17.3 Å². The van der Waals surface area contributed by atoms with Crippen LogP contribution in [0.5, 0.6) is 5.75 Å². The second-order valence-electron chi connectivity index (χ2n) is 3.04. The minimum atomic E-state index is -1.15. The molecular formula is C11H11ClO5. The average Bonchev–Trinajstić information content (AvgIpc) is 2.26. The van der Waals surface area contributed by atoms with Crippen molar-refractivity contribution >= 4 is 23.5 Å². The van der Waals surface area contributed by atoms with Gasteiger partial charge in [-0.25, -0.2) is 9.59 Å². The molecule has 0 heterocycles. The van der Waals surface area contributed by atoms with Crippen LogP contribution in [0.15, 0.2) is 18.2 Å². The number of carboxylic acid groups (broad SMARTS) is 1. The Hall–Kier alpha value is -1.75. The molecule has 1 rings (SSSR count). The summed E-state index contributed by atoms with van der Waals surface area (Å²) in [5.74, 6) is -1.68. The van der Waals surface area contributed by atoms with Gasteiger partial charge in [0.15, 0.2) is 6.61 Å². The minimum absolute atomic E-state index is 0.0399. The Morgan fingerprint density at radius 2 is 2.12 bits per heavy atom. The van der Waals surface area contributed by atoms with Gasteiger partial charge in [-0.1, -0.05) is 11.6 Å². The summed E-state index contributed by atoms with van der Waals surface area (Å²) in [6.07, 6.45) is 0. The summed E-state index contributed by atoms with van der Waals surface area (Å²) in [4.78, 5) is 21.9. The van der Waals surface area contributed by atoms with Crippen molar-refractivity contribution in [1.29, 1.82) is 0 Å². The summed E-state index contributed by atoms with van der Waals surface area (Å²) >= 11 is 5.71. The smallest absolute Gasteiger partial charge is 0.344 e. The Morgan fingerprint density at radius 3 is 2.71 bits per heavy atom. The normalized spacial score (nSPS) is 9.76. The molecule has 0 aromatic heterocycles. The van der Waals surface area contributed by atoms with Gasteiger partial charge < -0.3 is 14.6 Å². The molecule has 0 saturated carbocycles. The second-order valence-corrected chi connectivity index (χ2v) is 3.48. The first kappa shape index (κ1) is 13.3. The van der Waals surface area contributed by atoms with Crippen molar-refractivity contribution < 1.29 is 24.2 Å². The standard InChI is InChI=1S/C11H11ClO5/c1-2-16-10(13)6-17-9-5-7(12)3-4-8(9)11(14)15/h3-5H,2,6H2,1H3,(H,14,15). The van der Waals surface area contributed by atoms with E-state index in [1.165, 1.54) is 18.2 Å². The lowest BCUT2D eigenvalue weighted by atomic mass is 10.2. The average molecular weight is 259 g/mol. The maximum absolute atomic E-state index is 11.1. The fourth-order valence-electron chi connectivity index (χ4n) is 1.13. The highest BCUT2D eigenvalue weighted by atomic mass is 35.5. The van der Waals surface area contributed by atoms with Gasteiger partial charge in [-0.2, -0.15) is 0 Å². The quantitative estimate of drug-likeness (QED) is 0.818. The summed E-state index contributed by atoms with van der Waals surface area (Å²) in [7, 11) is 0. The van der Waals surface area contributed by atoms with Gasteiger partial charge in [-0.05, 0) is 25.1 Å². The third-order valence-corrected chi connectivity index (χ3v) is 2.06. The Morgan fingerprint density at radius 1 is 1.41 bits per heavy atom. The lowest BCUT2D eigenvalue weighted by molar-refractivity contribution is -0.145. The zero-order valence-electron chi connectivity index (χ0n) is 9.10. The van der Waals surface area contributed by atoms with Crippen molar-refractivity contribution in [3.8, 4) is 5.75 Å². The zero-order valence-corrected chi connectivity index (χ0v) is 9.86. The molecule has 1 aromatic rings. The van der Waals surface area contributed by atoms with E-state index in [0.717, 1.165) is 0 Å². The van der Waals surface area contributed by atoms with Crippen LogP contribution >= 0.6 is 11.6 Å². The van der Waals surface area contributed by atoms with E-state index < -0.39 is 11.9 Å². The lowest BCUT2D eigenvalue weighted by Gasteiger charge is -2.08. The first-order valence-electron chi connectivity index (χ1n) is 4.86. The molecule has 0 radical (unpaired) electrons. The van der Waals surface area contributed by atoms with Crippen molar-refractivity contribution in [3.63, 3.8) is 0 Å². The summed E-state index contributed by atoms with van der Waals surface area (Å²) in [6, 6.07) is 4.08. The summed E-state index contributed by atoms with van der Waals surface area (Å²) in [5.41, 5.74) is -0.0568. The number of esters is 1. The number of aromatic carboxylic acids is 1. The third-order valence-electron chi connectivity index (χ3n) is 1.82. The number of carboxylic acids is 1. The van der Waals surface area contributed by atoms with Gasteiger partial charge in [-0.3, -0.25) is 0 Å². The van der Waals surface area contributed by atoms with E-state index in [1.54, 1.807) is 6.92 Å². The predicted molar refractivity (Wildman–Crippen MR) is 60.5 cm³/mol. The van der Waals surface area contributed by atoms with E-state index in [0.29, 0.717) is 5.02 Å². The van der Waals surface area contributed by atoms with Crippen molar-refractivity contribution in [2.75, 3.05) is 13.2 Å². The zero-order chi connectivity index (χ0) is 12.8. The number of halogens is 1. The Labute approximate surface area is 103 Å². The van der Waals surface area contributed by atoms with E-state index >= 15 is 0 Å². The SMILES string of the molecule is CCOC(=O)COc1cc(Cl)ccc1C(=O)O. The number of rotatable bonds is 5. The Bertz CT molecular complexity index is 430. The first-order chi connectivity index (χ1) is 8.04. The highest BCUT2D eigenvalue weighted by Crippen LogP contribution is 2.23. The molecule has 1 aromatic carbocycles. The van der Waals surface area contributed by atoms with Gasteiger partial charge in [0, 0.05) is 5.02 Å². The molecule has 0 saturated heterocycles. The lowest BCUT2D eigenvalue weighted by Crippen LogP contribution is -2.15. The number of ether oxygens (including phenoxy) is 2. The van der Waals surface area contributed by atoms with Gasteiger partial charge in [-0.15, -0.1) is 0 Å². The molecule has 0 fully saturated rings. The van der Waals surface area contributed by atoms with E-state index in [1.807, 2.05) is 0 Å². The molecule has 0 aliphatic carbocycles. The summed E-state index contributed by atoms with van der Waals surface area (Å²) in [5, 5.41) is 9.21. The van der Waals surface area contributed by atoms with E-state index in [4.69, 9.17) is 21.4 Å². The molecule has 1 N–H and O–H groups in total. The highest BCUT2D eigenvalue weighted by molar-refractivity contribution is 6.30. The van der Waals surface area contributed by atoms with Crippen LogP contribution in [-0.4, -0.2) is 30.3 Å². The molecule has 17 heavy (non-hydrogen) atoms. The van der Waals surface area contributed by atoms with Crippen molar-refractivity contribution in [3.05, 3.63) is 28.8 Å². The summed E-state index contributed by atoms with van der Waals surface area (Å²) < 4.78 is 9.70. The highest BCUT2D eigenvalue weighted by Gasteiger charge is 2.13. The van der Waals surface area contributed by atoms with E-state index in [-0.39, 0.29) is 24.5 Å². The molecule has 6 heteroatoms. The van der Waals surface area contributed by atoms with Gasteiger partial charge in [0.1, 0.15) is 11.3 Å². The van der Waals surface area contributed by atoms with Crippen molar-refractivity contribution in [1.82, 2.24) is 0 Å². The van der Waals surface area contributed by atoms with Crippen LogP contribution in [-0.2, 0) is 9.53 Å². The molecule has 0 amide bonds. The van der Waals surface area contributed by atoms with Gasteiger partial charge in [0.2, 0.25) is 0 Å². The summed E-state index contributed by atoms with van der Waals surface area (Å²) in [6.45, 7) is 1.55. The molecule has 92 valence electrons. The van der Waals surface area contributed by atoms with Crippen LogP contribution in [0, 0.1) is 0 Å². The van der Waals surface area contributed by atoms with Crippen LogP contribution in [0.2, 0.25) is 5.02 Å². The largest absolute Gasteiger partial charge is 0.481 e. The van der Waals surface area contributed by atoms with Crippen LogP contribution in [0.25, 0.3) is 0 Å². The molecule has 0 spiro atoms. The van der Waals surface area contributed by atoms with Crippen molar-refractivity contribution in [2.24, 2.45) is 0 Å². The molecule has 0 aliphatic heterocycles. The maximum atomic E-state index is 11.1. The molecule has 0 atom stereocenters. The van der Waals surface area contributed by atoms with E-state index in [9.17, 15) is 9.59 Å². The third kappa shape index (κ3) is 3.96. The molecule has 0 unspecified atom stereocenters. The molecule has 5 nitrogen and oxygen atoms in total. The topological polar surface area (TPSA) is 72.8 Å². The molecule has 0 bridgehead atoms. The maximum Gasteiger partial charge on any atom is 0.344 e. The van der Waals surface area contributed by atoms with Crippen molar-refractivity contribution in [2.45, 2.75) is 6.92 Å². The minimum Gasteiger partial charge on any atom is -0.481 e. The van der Waals surface area contributed by atoms with E-state index in [2.05, 4.69) is 4.74 Å². The molecule has 0 aliphatic rings. The fourth-order valence-corrected chi connectivity index (χ4v) is 1.29.